The van der Waals surface area contributed by atoms with Gasteiger partial charge in [-0.2, -0.15) is 0 Å². The quantitative estimate of drug-likeness (QED) is 0.764. The van der Waals surface area contributed by atoms with Crippen molar-refractivity contribution in [3.63, 3.8) is 0 Å². The van der Waals surface area contributed by atoms with Crippen molar-refractivity contribution >= 4 is 0 Å². The third kappa shape index (κ3) is 3.95. The second-order valence-corrected chi connectivity index (χ2v) is 4.21. The van der Waals surface area contributed by atoms with Crippen LogP contribution in [0.2, 0.25) is 0 Å². The molecule has 0 spiro atoms. The fraction of sp³-hybridized carbons (Fsp3) is 0.267. The Labute approximate surface area is 108 Å². The third-order valence-electron chi connectivity index (χ3n) is 2.81. The molecule has 3 heteroatoms. The zero-order chi connectivity index (χ0) is 12.6. The Hall–Kier alpha value is -1.71. The lowest BCUT2D eigenvalue weighted by atomic mass is 10.1. The molecule has 0 saturated carbocycles. The second-order valence-electron chi connectivity index (χ2n) is 4.21. The van der Waals surface area contributed by atoms with Crippen LogP contribution in [0.4, 0.5) is 0 Å². The Bertz CT molecular complexity index is 445. The molecule has 0 aliphatic carbocycles. The van der Waals surface area contributed by atoms with Crippen molar-refractivity contribution in [2.24, 2.45) is 0 Å². The van der Waals surface area contributed by atoms with Gasteiger partial charge in [-0.3, -0.25) is 4.98 Å². The van der Waals surface area contributed by atoms with Crippen LogP contribution in [0.3, 0.4) is 0 Å². The highest BCUT2D eigenvalue weighted by atomic mass is 16.3. The number of pyridine rings is 1. The van der Waals surface area contributed by atoms with E-state index in [0.717, 1.165) is 24.3 Å². The Balaban J connectivity index is 1.70. The minimum atomic E-state index is -0.401. The topological polar surface area (TPSA) is 45.1 Å². The number of benzene rings is 1. The van der Waals surface area contributed by atoms with Gasteiger partial charge in [0.1, 0.15) is 0 Å². The Morgan fingerprint density at radius 2 is 1.83 bits per heavy atom. The highest BCUT2D eigenvalue weighted by molar-refractivity contribution is 5.17. The van der Waals surface area contributed by atoms with E-state index < -0.39 is 6.10 Å². The van der Waals surface area contributed by atoms with E-state index in [9.17, 15) is 5.11 Å². The molecule has 94 valence electrons. The van der Waals surface area contributed by atoms with Gasteiger partial charge in [0, 0.05) is 12.7 Å². The fourth-order valence-electron chi connectivity index (χ4n) is 1.80. The van der Waals surface area contributed by atoms with Crippen molar-refractivity contribution in [2.45, 2.75) is 19.1 Å². The molecule has 2 aromatic rings. The molecule has 1 aromatic carbocycles. The van der Waals surface area contributed by atoms with E-state index in [1.807, 2.05) is 48.5 Å². The molecule has 0 fully saturated rings. The first-order valence-electron chi connectivity index (χ1n) is 6.20. The summed E-state index contributed by atoms with van der Waals surface area (Å²) in [6.07, 6.45) is 2.09. The Kier molecular flexibility index (Phi) is 4.88. The summed E-state index contributed by atoms with van der Waals surface area (Å²) in [5.41, 5.74) is 1.99. The van der Waals surface area contributed by atoms with Gasteiger partial charge in [0.25, 0.3) is 0 Å². The van der Waals surface area contributed by atoms with Gasteiger partial charge in [-0.25, -0.2) is 0 Å². The molecular formula is C15H18N2O. The van der Waals surface area contributed by atoms with Crippen LogP contribution in [0.15, 0.2) is 54.7 Å². The molecule has 2 N–H and O–H groups in total. The first kappa shape index (κ1) is 12.7. The van der Waals surface area contributed by atoms with Crippen LogP contribution in [0.5, 0.6) is 0 Å². The van der Waals surface area contributed by atoms with Gasteiger partial charge >= 0.3 is 0 Å². The minimum absolute atomic E-state index is 0.401. The Morgan fingerprint density at radius 1 is 1.06 bits per heavy atom. The van der Waals surface area contributed by atoms with Crippen molar-refractivity contribution in [1.82, 2.24) is 10.3 Å². The number of rotatable bonds is 6. The summed E-state index contributed by atoms with van der Waals surface area (Å²) in [6, 6.07) is 15.6. The number of aliphatic hydroxyl groups excluding tert-OH is 1. The zero-order valence-electron chi connectivity index (χ0n) is 10.3. The van der Waals surface area contributed by atoms with Gasteiger partial charge in [-0.05, 0) is 30.7 Å². The lowest BCUT2D eigenvalue weighted by Crippen LogP contribution is -2.17. The molecule has 0 bridgehead atoms. The summed E-state index contributed by atoms with van der Waals surface area (Å²) >= 11 is 0. The molecule has 1 unspecified atom stereocenters. The maximum atomic E-state index is 9.96. The summed E-state index contributed by atoms with van der Waals surface area (Å²) in [6.45, 7) is 1.51. The second kappa shape index (κ2) is 6.89. The number of hydrogen-bond donors (Lipinski definition) is 2. The predicted molar refractivity (Wildman–Crippen MR) is 72.0 cm³/mol. The maximum absolute atomic E-state index is 9.96. The normalized spacial score (nSPS) is 12.3. The number of aliphatic hydroxyl groups is 1. The molecule has 1 aromatic heterocycles. The molecule has 2 rings (SSSR count). The van der Waals surface area contributed by atoms with Crippen LogP contribution in [0, 0.1) is 0 Å². The fourth-order valence-corrected chi connectivity index (χ4v) is 1.80. The van der Waals surface area contributed by atoms with E-state index in [0.29, 0.717) is 6.42 Å². The van der Waals surface area contributed by atoms with Gasteiger partial charge in [-0.15, -0.1) is 0 Å². The summed E-state index contributed by atoms with van der Waals surface area (Å²) in [7, 11) is 0. The molecule has 0 amide bonds. The molecule has 1 atom stereocenters. The first-order valence-corrected chi connectivity index (χ1v) is 6.20. The van der Waals surface area contributed by atoms with Crippen LogP contribution in [-0.4, -0.2) is 16.6 Å². The average molecular weight is 242 g/mol. The van der Waals surface area contributed by atoms with Crippen molar-refractivity contribution in [3.8, 4) is 0 Å². The lowest BCUT2D eigenvalue weighted by Gasteiger charge is -2.11. The first-order chi connectivity index (χ1) is 8.86. The number of hydrogen-bond acceptors (Lipinski definition) is 3. The highest BCUT2D eigenvalue weighted by Crippen LogP contribution is 2.14. The molecule has 3 nitrogen and oxygen atoms in total. The van der Waals surface area contributed by atoms with Crippen molar-refractivity contribution in [3.05, 3.63) is 66.0 Å². The summed E-state index contributed by atoms with van der Waals surface area (Å²) in [5, 5.41) is 13.2. The molecule has 0 saturated heterocycles. The number of nitrogens with one attached hydrogen (secondary N) is 1. The largest absolute Gasteiger partial charge is 0.388 e. The Morgan fingerprint density at radius 3 is 2.56 bits per heavy atom. The highest BCUT2D eigenvalue weighted by Gasteiger charge is 2.05. The monoisotopic (exact) mass is 242 g/mol. The van der Waals surface area contributed by atoms with Crippen LogP contribution in [0.1, 0.15) is 23.8 Å². The third-order valence-corrected chi connectivity index (χ3v) is 2.81. The van der Waals surface area contributed by atoms with Gasteiger partial charge < -0.3 is 10.4 Å². The van der Waals surface area contributed by atoms with E-state index in [2.05, 4.69) is 10.3 Å². The number of aromatic nitrogens is 1. The van der Waals surface area contributed by atoms with Crippen LogP contribution in [0.25, 0.3) is 0 Å². The number of nitrogens with zero attached hydrogens (tertiary/aromatic N) is 1. The van der Waals surface area contributed by atoms with Crippen molar-refractivity contribution in [1.29, 1.82) is 0 Å². The zero-order valence-corrected chi connectivity index (χ0v) is 10.3. The maximum Gasteiger partial charge on any atom is 0.0802 e. The average Bonchev–Trinajstić information content (AvgIpc) is 2.45. The predicted octanol–water partition coefficient (Wildman–Crippen LogP) is 2.29. The van der Waals surface area contributed by atoms with E-state index in [1.54, 1.807) is 6.20 Å². The van der Waals surface area contributed by atoms with Gasteiger partial charge in [0.15, 0.2) is 0 Å². The van der Waals surface area contributed by atoms with Crippen molar-refractivity contribution < 1.29 is 5.11 Å². The van der Waals surface area contributed by atoms with Crippen LogP contribution < -0.4 is 5.32 Å². The van der Waals surface area contributed by atoms with E-state index in [-0.39, 0.29) is 0 Å². The summed E-state index contributed by atoms with van der Waals surface area (Å²) in [4.78, 5) is 4.23. The minimum Gasteiger partial charge on any atom is -0.388 e. The molecule has 18 heavy (non-hydrogen) atoms. The van der Waals surface area contributed by atoms with Crippen LogP contribution in [-0.2, 0) is 6.54 Å². The summed E-state index contributed by atoms with van der Waals surface area (Å²) in [5.74, 6) is 0. The smallest absolute Gasteiger partial charge is 0.0802 e. The van der Waals surface area contributed by atoms with Gasteiger partial charge in [0.05, 0.1) is 11.8 Å². The van der Waals surface area contributed by atoms with Crippen molar-refractivity contribution in [2.75, 3.05) is 6.54 Å². The molecule has 1 heterocycles. The summed E-state index contributed by atoms with van der Waals surface area (Å²) < 4.78 is 0. The molecule has 0 aliphatic rings. The lowest BCUT2D eigenvalue weighted by molar-refractivity contribution is 0.166. The van der Waals surface area contributed by atoms with Gasteiger partial charge in [0.2, 0.25) is 0 Å². The van der Waals surface area contributed by atoms with E-state index in [1.165, 1.54) is 0 Å². The van der Waals surface area contributed by atoms with Crippen LogP contribution >= 0.6 is 0 Å². The molecular weight excluding hydrogens is 224 g/mol. The molecule has 0 aliphatic heterocycles. The van der Waals surface area contributed by atoms with E-state index >= 15 is 0 Å². The molecule has 0 radical (unpaired) electrons. The van der Waals surface area contributed by atoms with E-state index in [4.69, 9.17) is 0 Å². The van der Waals surface area contributed by atoms with Gasteiger partial charge in [-0.1, -0.05) is 36.4 Å². The SMILES string of the molecule is OC(CCNCc1ccccn1)c1ccccc1. The standard InChI is InChI=1S/C15H18N2O/c18-15(13-6-2-1-3-7-13)9-11-16-12-14-8-4-5-10-17-14/h1-8,10,15-16,18H,9,11-12H2.